The van der Waals surface area contributed by atoms with Gasteiger partial charge < -0.3 is 0 Å². The van der Waals surface area contributed by atoms with Crippen molar-refractivity contribution in [3.8, 4) is 0 Å². The van der Waals surface area contributed by atoms with Crippen LogP contribution in [0.25, 0.3) is 0 Å². The molecule has 0 aliphatic rings. The van der Waals surface area contributed by atoms with Crippen molar-refractivity contribution in [2.24, 2.45) is 4.40 Å². The molecule has 154 valence electrons. The second-order valence-corrected chi connectivity index (χ2v) is 9.92. The number of sulfonamides is 1. The average Bonchev–Trinajstić information content (AvgIpc) is 2.77. The molecule has 0 aliphatic carbocycles. The van der Waals surface area contributed by atoms with E-state index in [9.17, 15) is 18.5 Å². The van der Waals surface area contributed by atoms with Gasteiger partial charge in [0.1, 0.15) is 4.38 Å². The smallest absolute Gasteiger partial charge is 0.258 e. The molecule has 0 bridgehead atoms. The van der Waals surface area contributed by atoms with Gasteiger partial charge in [0.25, 0.3) is 15.7 Å². The van der Waals surface area contributed by atoms with Crippen LogP contribution in [0.1, 0.15) is 11.1 Å². The molecule has 0 fully saturated rings. The van der Waals surface area contributed by atoms with Gasteiger partial charge >= 0.3 is 0 Å². The van der Waals surface area contributed by atoms with E-state index in [2.05, 4.69) is 4.40 Å². The van der Waals surface area contributed by atoms with Crippen LogP contribution >= 0.6 is 23.5 Å². The lowest BCUT2D eigenvalue weighted by Gasteiger charge is -2.07. The minimum absolute atomic E-state index is 0.0776. The van der Waals surface area contributed by atoms with Gasteiger partial charge in [-0.2, -0.15) is 8.42 Å². The molecule has 9 heteroatoms. The van der Waals surface area contributed by atoms with E-state index < -0.39 is 14.9 Å². The van der Waals surface area contributed by atoms with Crippen molar-refractivity contribution in [2.45, 2.75) is 16.4 Å². The molecule has 3 aromatic rings. The van der Waals surface area contributed by atoms with E-state index in [1.54, 1.807) is 0 Å². The first kappa shape index (κ1) is 22.1. The maximum Gasteiger partial charge on any atom is 0.283 e. The van der Waals surface area contributed by atoms with Crippen molar-refractivity contribution in [1.29, 1.82) is 0 Å². The molecule has 0 amide bonds. The van der Waals surface area contributed by atoms with Crippen LogP contribution in [0.3, 0.4) is 0 Å². The maximum absolute atomic E-state index is 12.8. The average molecular weight is 459 g/mol. The lowest BCUT2D eigenvalue weighted by molar-refractivity contribution is -0.384. The van der Waals surface area contributed by atoms with Crippen LogP contribution in [0.15, 0.2) is 94.2 Å². The Kier molecular flexibility index (Phi) is 7.67. The summed E-state index contributed by atoms with van der Waals surface area (Å²) in [5.41, 5.74) is 1.95. The third kappa shape index (κ3) is 6.45. The quantitative estimate of drug-likeness (QED) is 0.201. The van der Waals surface area contributed by atoms with Crippen LogP contribution < -0.4 is 0 Å². The Morgan fingerprint density at radius 2 is 1.27 bits per heavy atom. The molecule has 0 N–H and O–H groups in total. The highest BCUT2D eigenvalue weighted by Gasteiger charge is 2.17. The first-order valence-corrected chi connectivity index (χ1v) is 12.3. The maximum atomic E-state index is 12.8. The number of rotatable bonds is 7. The van der Waals surface area contributed by atoms with Crippen LogP contribution in [0.5, 0.6) is 0 Å². The van der Waals surface area contributed by atoms with Gasteiger partial charge in [-0.05, 0) is 23.3 Å². The summed E-state index contributed by atoms with van der Waals surface area (Å²) in [6.07, 6.45) is 0. The largest absolute Gasteiger partial charge is 0.283 e. The van der Waals surface area contributed by atoms with E-state index in [0.717, 1.165) is 23.3 Å². The van der Waals surface area contributed by atoms with Crippen molar-refractivity contribution in [2.75, 3.05) is 0 Å². The Bertz CT molecular complexity index is 1070. The third-order valence-electron chi connectivity index (χ3n) is 3.95. The van der Waals surface area contributed by atoms with Gasteiger partial charge in [0.2, 0.25) is 0 Å². The van der Waals surface area contributed by atoms with Gasteiger partial charge in [0.15, 0.2) is 0 Å². The van der Waals surface area contributed by atoms with E-state index in [-0.39, 0.29) is 10.6 Å². The number of nitro benzene ring substituents is 1. The summed E-state index contributed by atoms with van der Waals surface area (Å²) in [5, 5.41) is 10.8. The minimum atomic E-state index is -3.99. The summed E-state index contributed by atoms with van der Waals surface area (Å²) >= 11 is 2.70. The Morgan fingerprint density at radius 1 is 0.800 bits per heavy atom. The Balaban J connectivity index is 1.82. The first-order valence-electron chi connectivity index (χ1n) is 8.87. The molecule has 0 spiro atoms. The number of nitro groups is 1. The monoisotopic (exact) mass is 458 g/mol. The summed E-state index contributed by atoms with van der Waals surface area (Å²) in [4.78, 5) is 10.2. The minimum Gasteiger partial charge on any atom is -0.258 e. The van der Waals surface area contributed by atoms with Gasteiger partial charge in [-0.1, -0.05) is 84.2 Å². The molecule has 0 aromatic heterocycles. The zero-order chi connectivity index (χ0) is 21.4. The summed E-state index contributed by atoms with van der Waals surface area (Å²) < 4.78 is 30.0. The van der Waals surface area contributed by atoms with Gasteiger partial charge in [0.05, 0.1) is 9.82 Å². The van der Waals surface area contributed by atoms with Crippen molar-refractivity contribution in [3.63, 3.8) is 0 Å². The predicted molar refractivity (Wildman–Crippen MR) is 123 cm³/mol. The molecule has 0 saturated carbocycles. The number of hydrogen-bond acceptors (Lipinski definition) is 6. The highest BCUT2D eigenvalue weighted by atomic mass is 32.2. The molecule has 0 heterocycles. The summed E-state index contributed by atoms with van der Waals surface area (Å²) in [7, 11) is -3.99. The Labute approximate surface area is 183 Å². The number of hydrogen-bond donors (Lipinski definition) is 0. The topological polar surface area (TPSA) is 89.6 Å². The van der Waals surface area contributed by atoms with Crippen LogP contribution in [0, 0.1) is 10.1 Å². The first-order chi connectivity index (χ1) is 14.4. The molecular formula is C21H18N2O4S3. The molecule has 0 atom stereocenters. The highest BCUT2D eigenvalue weighted by molar-refractivity contribution is 8.38. The van der Waals surface area contributed by atoms with E-state index in [1.165, 1.54) is 35.7 Å². The molecular weight excluding hydrogens is 440 g/mol. The fraction of sp³-hybridized carbons (Fsp3) is 0.0952. The van der Waals surface area contributed by atoms with E-state index in [0.29, 0.717) is 15.9 Å². The van der Waals surface area contributed by atoms with E-state index in [1.807, 2.05) is 60.7 Å². The zero-order valence-electron chi connectivity index (χ0n) is 15.7. The molecule has 6 nitrogen and oxygen atoms in total. The molecule has 3 aromatic carbocycles. The van der Waals surface area contributed by atoms with Crippen molar-refractivity contribution >= 4 is 43.6 Å². The lowest BCUT2D eigenvalue weighted by atomic mass is 10.2. The van der Waals surface area contributed by atoms with Gasteiger partial charge in [-0.15, -0.1) is 4.40 Å². The Hall–Kier alpha value is -2.62. The normalized spacial score (nSPS) is 11.1. The standard InChI is InChI=1S/C21H18N2O4S3/c24-23(25)19-11-13-20(14-12-19)30(26,27)22-21(28-15-17-7-3-1-4-8-17)29-16-18-9-5-2-6-10-18/h1-14H,15-16H2. The van der Waals surface area contributed by atoms with Crippen LogP contribution in [0.2, 0.25) is 0 Å². The zero-order valence-corrected chi connectivity index (χ0v) is 18.2. The lowest BCUT2D eigenvalue weighted by Crippen LogP contribution is -2.01. The van der Waals surface area contributed by atoms with Gasteiger partial charge in [0, 0.05) is 23.6 Å². The third-order valence-corrected chi connectivity index (χ3v) is 7.81. The van der Waals surface area contributed by atoms with Crippen molar-refractivity contribution in [3.05, 3.63) is 106 Å². The SMILES string of the molecule is O=[N+]([O-])c1ccc(S(=O)(=O)N=C(SCc2ccccc2)SCc2ccccc2)cc1. The summed E-state index contributed by atoms with van der Waals surface area (Å²) in [6.45, 7) is 0. The number of benzene rings is 3. The van der Waals surface area contributed by atoms with Crippen molar-refractivity contribution < 1.29 is 13.3 Å². The molecule has 30 heavy (non-hydrogen) atoms. The highest BCUT2D eigenvalue weighted by Crippen LogP contribution is 2.27. The summed E-state index contributed by atoms with van der Waals surface area (Å²) in [5.74, 6) is 1.16. The fourth-order valence-corrected chi connectivity index (χ4v) is 5.87. The van der Waals surface area contributed by atoms with Crippen molar-refractivity contribution in [1.82, 2.24) is 0 Å². The molecule has 0 saturated heterocycles. The molecule has 0 radical (unpaired) electrons. The Morgan fingerprint density at radius 3 is 1.70 bits per heavy atom. The molecule has 3 rings (SSSR count). The second-order valence-electron chi connectivity index (χ2n) is 6.13. The van der Waals surface area contributed by atoms with Crippen LogP contribution in [-0.2, 0) is 21.5 Å². The van der Waals surface area contributed by atoms with Crippen LogP contribution in [-0.4, -0.2) is 17.7 Å². The fourth-order valence-electron chi connectivity index (χ4n) is 2.42. The van der Waals surface area contributed by atoms with E-state index in [4.69, 9.17) is 0 Å². The van der Waals surface area contributed by atoms with Gasteiger partial charge in [-0.3, -0.25) is 10.1 Å². The van der Waals surface area contributed by atoms with Crippen LogP contribution in [0.4, 0.5) is 5.69 Å². The number of non-ortho nitro benzene ring substituents is 1. The second kappa shape index (κ2) is 10.4. The predicted octanol–water partition coefficient (Wildman–Crippen LogP) is 5.51. The summed E-state index contributed by atoms with van der Waals surface area (Å²) in [6, 6.07) is 24.2. The van der Waals surface area contributed by atoms with E-state index >= 15 is 0 Å². The number of thioether (sulfide) groups is 2. The number of nitrogens with zero attached hydrogens (tertiary/aromatic N) is 2. The molecule has 0 unspecified atom stereocenters. The van der Waals surface area contributed by atoms with Gasteiger partial charge in [-0.25, -0.2) is 0 Å². The molecule has 0 aliphatic heterocycles.